The lowest BCUT2D eigenvalue weighted by Gasteiger charge is -2.24. The minimum absolute atomic E-state index is 0.0838. The molecule has 5 nitrogen and oxygen atoms in total. The Balaban J connectivity index is 1.68. The van der Waals surface area contributed by atoms with Crippen molar-refractivity contribution >= 4 is 33.0 Å². The zero-order chi connectivity index (χ0) is 27.0. The summed E-state index contributed by atoms with van der Waals surface area (Å²) in [6.45, 7) is 4.08. The summed E-state index contributed by atoms with van der Waals surface area (Å²) >= 11 is 0. The van der Waals surface area contributed by atoms with Gasteiger partial charge in [0, 0.05) is 23.4 Å². The SMILES string of the molecule is CCCCC#Cc1cccc(S(=O)(=O)Nc2ccccc2C(=O)N(c2ccccc2)c2ccc(C)cc2)c1. The van der Waals surface area contributed by atoms with E-state index in [1.165, 1.54) is 6.07 Å². The first kappa shape index (κ1) is 26.7. The van der Waals surface area contributed by atoms with Crippen LogP contribution in [0.25, 0.3) is 0 Å². The first-order valence-corrected chi connectivity index (χ1v) is 14.0. The number of carbonyl (C=O) groups excluding carboxylic acids is 1. The summed E-state index contributed by atoms with van der Waals surface area (Å²) in [4.78, 5) is 15.6. The number of sulfonamides is 1. The Morgan fingerprint density at radius 3 is 2.26 bits per heavy atom. The van der Waals surface area contributed by atoms with E-state index in [0.29, 0.717) is 16.9 Å². The molecule has 192 valence electrons. The van der Waals surface area contributed by atoms with Crippen molar-refractivity contribution in [3.05, 3.63) is 120 Å². The molecule has 0 aliphatic heterocycles. The third-order valence-electron chi connectivity index (χ3n) is 5.94. The fraction of sp³-hybridized carbons (Fsp3) is 0.156. The largest absolute Gasteiger partial charge is 0.279 e. The van der Waals surface area contributed by atoms with Crippen molar-refractivity contribution in [2.75, 3.05) is 9.62 Å². The standard InChI is InChI=1S/C32H30N2O3S/c1-3-4-5-7-13-26-14-12-17-29(24-26)38(36,37)33-31-19-11-10-18-30(31)32(35)34(27-15-8-6-9-16-27)28-22-20-25(2)21-23-28/h6,8-12,14-24,33H,3-5H2,1-2H3. The van der Waals surface area contributed by atoms with Crippen LogP contribution < -0.4 is 9.62 Å². The molecule has 0 bridgehead atoms. The van der Waals surface area contributed by atoms with E-state index in [1.54, 1.807) is 47.4 Å². The fourth-order valence-corrected chi connectivity index (χ4v) is 5.03. The van der Waals surface area contributed by atoms with Gasteiger partial charge in [0.1, 0.15) is 0 Å². The monoisotopic (exact) mass is 522 g/mol. The predicted octanol–water partition coefficient (Wildman–Crippen LogP) is 7.32. The number of unbranched alkanes of at least 4 members (excludes halogenated alkanes) is 2. The summed E-state index contributed by atoms with van der Waals surface area (Å²) < 4.78 is 29.4. The molecule has 0 saturated carbocycles. The zero-order valence-corrected chi connectivity index (χ0v) is 22.3. The Bertz CT molecular complexity index is 1570. The molecule has 0 unspecified atom stereocenters. The van der Waals surface area contributed by atoms with Crippen LogP contribution in [0.3, 0.4) is 0 Å². The van der Waals surface area contributed by atoms with Gasteiger partial charge in [-0.25, -0.2) is 8.42 Å². The van der Waals surface area contributed by atoms with Gasteiger partial charge in [0.2, 0.25) is 0 Å². The van der Waals surface area contributed by atoms with Crippen LogP contribution in [-0.2, 0) is 10.0 Å². The average molecular weight is 523 g/mol. The lowest BCUT2D eigenvalue weighted by molar-refractivity contribution is 0.1000. The van der Waals surface area contributed by atoms with E-state index in [4.69, 9.17) is 0 Å². The lowest BCUT2D eigenvalue weighted by Crippen LogP contribution is -2.27. The average Bonchev–Trinajstić information content (AvgIpc) is 2.93. The van der Waals surface area contributed by atoms with Crippen molar-refractivity contribution in [2.45, 2.75) is 38.0 Å². The molecule has 4 aromatic rings. The molecule has 6 heteroatoms. The van der Waals surface area contributed by atoms with Gasteiger partial charge >= 0.3 is 0 Å². The Morgan fingerprint density at radius 1 is 0.842 bits per heavy atom. The van der Waals surface area contributed by atoms with Crippen LogP contribution >= 0.6 is 0 Å². The number of nitrogens with zero attached hydrogens (tertiary/aromatic N) is 1. The molecule has 0 aliphatic rings. The number of hydrogen-bond acceptors (Lipinski definition) is 3. The number of amides is 1. The van der Waals surface area contributed by atoms with Gasteiger partial charge in [-0.1, -0.05) is 79.3 Å². The fourth-order valence-electron chi connectivity index (χ4n) is 3.91. The molecule has 0 spiro atoms. The van der Waals surface area contributed by atoms with Crippen LogP contribution in [0.15, 0.2) is 108 Å². The van der Waals surface area contributed by atoms with Gasteiger partial charge in [0.25, 0.3) is 15.9 Å². The molecule has 0 saturated heterocycles. The highest BCUT2D eigenvalue weighted by atomic mass is 32.2. The molecule has 0 atom stereocenters. The van der Waals surface area contributed by atoms with E-state index in [1.807, 2.05) is 61.5 Å². The second kappa shape index (κ2) is 12.3. The molecule has 4 rings (SSSR count). The third-order valence-corrected chi connectivity index (χ3v) is 7.31. The summed E-state index contributed by atoms with van der Waals surface area (Å²) in [5.41, 5.74) is 3.48. The summed E-state index contributed by atoms with van der Waals surface area (Å²) in [7, 11) is -3.98. The van der Waals surface area contributed by atoms with E-state index < -0.39 is 10.0 Å². The number of rotatable bonds is 8. The Morgan fingerprint density at radius 2 is 1.53 bits per heavy atom. The summed E-state index contributed by atoms with van der Waals surface area (Å²) in [6.07, 6.45) is 2.82. The molecule has 0 aliphatic carbocycles. The van der Waals surface area contributed by atoms with Gasteiger partial charge in [-0.05, 0) is 67.9 Å². The number of benzene rings is 4. The number of hydrogen-bond donors (Lipinski definition) is 1. The smallest absolute Gasteiger partial charge is 0.264 e. The topological polar surface area (TPSA) is 66.5 Å². The second-order valence-electron chi connectivity index (χ2n) is 8.90. The van der Waals surface area contributed by atoms with Crippen molar-refractivity contribution < 1.29 is 13.2 Å². The van der Waals surface area contributed by atoms with Crippen molar-refractivity contribution in [2.24, 2.45) is 0 Å². The van der Waals surface area contributed by atoms with Crippen molar-refractivity contribution in [1.29, 1.82) is 0 Å². The maximum Gasteiger partial charge on any atom is 0.264 e. The van der Waals surface area contributed by atoms with Crippen molar-refractivity contribution in [3.8, 4) is 11.8 Å². The zero-order valence-electron chi connectivity index (χ0n) is 21.5. The van der Waals surface area contributed by atoms with Gasteiger partial charge in [0.15, 0.2) is 0 Å². The maximum atomic E-state index is 14.0. The van der Waals surface area contributed by atoms with Crippen molar-refractivity contribution in [1.82, 2.24) is 0 Å². The quantitative estimate of drug-likeness (QED) is 0.195. The molecule has 4 aromatic carbocycles. The van der Waals surface area contributed by atoms with Crippen LogP contribution in [0.4, 0.5) is 17.1 Å². The molecule has 1 N–H and O–H groups in total. The van der Waals surface area contributed by atoms with Gasteiger partial charge < -0.3 is 0 Å². The highest BCUT2D eigenvalue weighted by molar-refractivity contribution is 7.92. The Labute approximate surface area is 225 Å². The van der Waals surface area contributed by atoms with E-state index in [9.17, 15) is 13.2 Å². The minimum atomic E-state index is -3.98. The maximum absolute atomic E-state index is 14.0. The summed E-state index contributed by atoms with van der Waals surface area (Å²) in [6, 6.07) is 30.1. The van der Waals surface area contributed by atoms with Crippen LogP contribution in [0.2, 0.25) is 0 Å². The lowest BCUT2D eigenvalue weighted by atomic mass is 10.1. The van der Waals surface area contributed by atoms with E-state index in [-0.39, 0.29) is 22.1 Å². The van der Waals surface area contributed by atoms with E-state index >= 15 is 0 Å². The van der Waals surface area contributed by atoms with E-state index in [2.05, 4.69) is 23.5 Å². The van der Waals surface area contributed by atoms with Crippen LogP contribution in [0, 0.1) is 18.8 Å². The van der Waals surface area contributed by atoms with E-state index in [0.717, 1.165) is 24.8 Å². The Kier molecular flexibility index (Phi) is 8.62. The highest BCUT2D eigenvalue weighted by Gasteiger charge is 2.24. The third kappa shape index (κ3) is 6.50. The molecule has 38 heavy (non-hydrogen) atoms. The van der Waals surface area contributed by atoms with Gasteiger partial charge in [-0.15, -0.1) is 0 Å². The number of anilines is 3. The van der Waals surface area contributed by atoms with Crippen LogP contribution in [0.5, 0.6) is 0 Å². The number of nitrogens with one attached hydrogen (secondary N) is 1. The first-order valence-electron chi connectivity index (χ1n) is 12.6. The summed E-state index contributed by atoms with van der Waals surface area (Å²) in [5, 5.41) is 0. The van der Waals surface area contributed by atoms with Gasteiger partial charge in [-0.3, -0.25) is 14.4 Å². The molecule has 0 fully saturated rings. The van der Waals surface area contributed by atoms with Crippen LogP contribution in [0.1, 0.15) is 47.7 Å². The molecular weight excluding hydrogens is 492 g/mol. The number of aryl methyl sites for hydroxylation is 1. The molecule has 0 radical (unpaired) electrons. The number of carbonyl (C=O) groups is 1. The predicted molar refractivity (Wildman–Crippen MR) is 154 cm³/mol. The second-order valence-corrected chi connectivity index (χ2v) is 10.6. The highest BCUT2D eigenvalue weighted by Crippen LogP contribution is 2.30. The van der Waals surface area contributed by atoms with Gasteiger partial charge in [0.05, 0.1) is 16.1 Å². The molecule has 0 aromatic heterocycles. The number of para-hydroxylation sites is 2. The summed E-state index contributed by atoms with van der Waals surface area (Å²) in [5.74, 6) is 5.77. The molecule has 0 heterocycles. The normalized spacial score (nSPS) is 10.8. The first-order chi connectivity index (χ1) is 18.4. The Hall–Kier alpha value is -4.34. The van der Waals surface area contributed by atoms with Gasteiger partial charge in [-0.2, -0.15) is 0 Å². The van der Waals surface area contributed by atoms with Crippen molar-refractivity contribution in [3.63, 3.8) is 0 Å². The minimum Gasteiger partial charge on any atom is -0.279 e. The molecular formula is C32H30N2O3S. The molecule has 1 amide bonds. The van der Waals surface area contributed by atoms with Crippen LogP contribution in [-0.4, -0.2) is 14.3 Å².